The maximum atomic E-state index is 9.47. The van der Waals surface area contributed by atoms with Gasteiger partial charge >= 0.3 is 0 Å². The summed E-state index contributed by atoms with van der Waals surface area (Å²) in [6.07, 6.45) is -3.12. The van der Waals surface area contributed by atoms with Crippen molar-refractivity contribution in [2.45, 2.75) is 62.9 Å². The molecule has 0 amide bonds. The first-order valence-electron chi connectivity index (χ1n) is 17.7. The van der Waals surface area contributed by atoms with Crippen molar-refractivity contribution in [2.24, 2.45) is 0 Å². The minimum Gasteiger partial charge on any atom is -0.491 e. The monoisotopic (exact) mass is 1070 g/mol. The minimum absolute atomic E-state index is 0. The number of aliphatic hydroxyl groups is 6. The quantitative estimate of drug-likeness (QED) is 0.0655. The van der Waals surface area contributed by atoms with E-state index in [9.17, 15) is 20.4 Å². The fraction of sp³-hybridized carbons (Fsp3) is 0.429. The Morgan fingerprint density at radius 1 is 0.439 bits per heavy atom. The van der Waals surface area contributed by atoms with Gasteiger partial charge in [0.15, 0.2) is 0 Å². The molecular formula is C42H57AcCl3O11. The van der Waals surface area contributed by atoms with Gasteiger partial charge in [-0.15, -0.1) is 35.6 Å². The minimum atomic E-state index is -0.889. The Morgan fingerprint density at radius 2 is 0.632 bits per heavy atom. The van der Waals surface area contributed by atoms with E-state index in [0.717, 1.165) is 22.3 Å². The summed E-state index contributed by atoms with van der Waals surface area (Å²) < 4.78 is 21.9. The van der Waals surface area contributed by atoms with Crippen LogP contribution in [0.15, 0.2) is 97.1 Å². The first-order valence-corrected chi connectivity index (χ1v) is 18.8. The third-order valence-corrected chi connectivity index (χ3v) is 9.56. The summed E-state index contributed by atoms with van der Waals surface area (Å²) in [7, 11) is 0. The van der Waals surface area contributed by atoms with Gasteiger partial charge in [0.2, 0.25) is 0 Å². The standard InChI is InChI=1S/C21H26Cl2O4.C21H28O6.Ac.ClH.H2O/c2*1-21(2,15-3-7-19(8-4-15)26-13-17(24)11-22)16-5-9-20(10-6-16)27-14-18(25)12-23;;;/h3-10,17-18,24-25H,11-14H2,1-2H3;3-10,17-18,22-25H,11-14H2,1-2H3;;1H;1H2. The molecule has 315 valence electrons. The smallest absolute Gasteiger partial charge is 0.119 e. The Hall–Kier alpha value is -1.89. The van der Waals surface area contributed by atoms with Gasteiger partial charge in [0.05, 0.1) is 25.0 Å². The summed E-state index contributed by atoms with van der Waals surface area (Å²) in [5.41, 5.74) is 4.02. The molecule has 11 nitrogen and oxygen atoms in total. The number of ether oxygens (including phenoxy) is 4. The third kappa shape index (κ3) is 18.1. The summed E-state index contributed by atoms with van der Waals surface area (Å²) in [6, 6.07) is 30.9. The molecule has 0 heterocycles. The van der Waals surface area contributed by atoms with Gasteiger partial charge in [0, 0.05) is 54.9 Å². The molecule has 0 saturated carbocycles. The largest absolute Gasteiger partial charge is 0.491 e. The molecule has 57 heavy (non-hydrogen) atoms. The number of aliphatic hydroxyl groups excluding tert-OH is 6. The SMILES string of the molecule is CC(C)(c1ccc(OCC(O)CCl)cc1)c1ccc(OCC(O)CCl)cc1.CC(C)(c1ccc(OCC(O)CO)cc1)c1ccc(OCC(O)CO)cc1.Cl.O.[Ac]. The second-order valence-corrected chi connectivity index (χ2v) is 14.5. The van der Waals surface area contributed by atoms with Crippen molar-refractivity contribution in [3.8, 4) is 23.0 Å². The second kappa shape index (κ2) is 27.8. The predicted molar refractivity (Wildman–Crippen MR) is 223 cm³/mol. The Labute approximate surface area is 388 Å². The number of halogens is 3. The summed E-state index contributed by atoms with van der Waals surface area (Å²) in [6.45, 7) is 8.30. The molecule has 4 unspecified atom stereocenters. The zero-order valence-corrected chi connectivity index (χ0v) is 39.8. The molecule has 0 saturated heterocycles. The van der Waals surface area contributed by atoms with Crippen molar-refractivity contribution in [3.63, 3.8) is 0 Å². The van der Waals surface area contributed by atoms with Gasteiger partial charge in [-0.1, -0.05) is 76.2 Å². The van der Waals surface area contributed by atoms with Gasteiger partial charge in [-0.3, -0.25) is 0 Å². The molecular weight excluding hydrogens is 1010 g/mol. The number of alkyl halides is 2. The molecule has 0 aliphatic carbocycles. The van der Waals surface area contributed by atoms with Crippen LogP contribution in [-0.2, 0) is 10.8 Å². The van der Waals surface area contributed by atoms with Crippen LogP contribution in [0.25, 0.3) is 0 Å². The van der Waals surface area contributed by atoms with Crippen LogP contribution in [0, 0.1) is 44.1 Å². The van der Waals surface area contributed by atoms with Gasteiger partial charge in [0.25, 0.3) is 0 Å². The number of rotatable bonds is 20. The molecule has 4 atom stereocenters. The topological polar surface area (TPSA) is 190 Å². The van der Waals surface area contributed by atoms with E-state index in [4.69, 9.17) is 52.4 Å². The Bertz CT molecular complexity index is 1390. The average Bonchev–Trinajstić information content (AvgIpc) is 3.20. The van der Waals surface area contributed by atoms with Crippen LogP contribution in [0.3, 0.4) is 0 Å². The molecule has 8 N–H and O–H groups in total. The van der Waals surface area contributed by atoms with E-state index < -0.39 is 24.4 Å². The van der Waals surface area contributed by atoms with Gasteiger partial charge in [0.1, 0.15) is 73.8 Å². The van der Waals surface area contributed by atoms with Gasteiger partial charge < -0.3 is 55.1 Å². The first kappa shape index (κ1) is 55.1. The van der Waals surface area contributed by atoms with E-state index in [0.29, 0.717) is 23.0 Å². The van der Waals surface area contributed by atoms with Crippen LogP contribution in [0.4, 0.5) is 0 Å². The fourth-order valence-corrected chi connectivity index (χ4v) is 5.35. The molecule has 1 radical (unpaired) electrons. The zero-order valence-electron chi connectivity index (χ0n) is 32.8. The molecule has 15 heteroatoms. The predicted octanol–water partition coefficient (Wildman–Crippen LogP) is 5.04. The Balaban J connectivity index is 0.00000105. The molecule has 0 aliphatic rings. The maximum Gasteiger partial charge on any atom is 0.119 e. The van der Waals surface area contributed by atoms with Crippen molar-refractivity contribution in [2.75, 3.05) is 51.4 Å². The second-order valence-electron chi connectivity index (χ2n) is 13.9. The van der Waals surface area contributed by atoms with E-state index in [2.05, 4.69) is 27.7 Å². The Morgan fingerprint density at radius 3 is 0.807 bits per heavy atom. The summed E-state index contributed by atoms with van der Waals surface area (Å²) in [4.78, 5) is 0. The van der Waals surface area contributed by atoms with Crippen LogP contribution in [0.2, 0.25) is 0 Å². The molecule has 0 aromatic heterocycles. The molecule has 0 spiro atoms. The number of hydrogen-bond donors (Lipinski definition) is 6. The fourth-order valence-electron chi connectivity index (χ4n) is 5.17. The van der Waals surface area contributed by atoms with Crippen molar-refractivity contribution < 1.29 is 99.1 Å². The molecule has 0 aliphatic heterocycles. The molecule has 4 rings (SSSR count). The van der Waals surface area contributed by atoms with Gasteiger partial charge in [-0.2, -0.15) is 0 Å². The van der Waals surface area contributed by atoms with Crippen molar-refractivity contribution in [3.05, 3.63) is 119 Å². The van der Waals surface area contributed by atoms with E-state index in [-0.39, 0.29) is 124 Å². The summed E-state index contributed by atoms with van der Waals surface area (Å²) in [5.74, 6) is 2.95. The maximum absolute atomic E-state index is 9.47. The van der Waals surface area contributed by atoms with Crippen LogP contribution >= 0.6 is 35.6 Å². The van der Waals surface area contributed by atoms with E-state index in [1.165, 1.54) is 0 Å². The van der Waals surface area contributed by atoms with Gasteiger partial charge in [-0.25, -0.2) is 0 Å². The molecule has 4 aromatic carbocycles. The van der Waals surface area contributed by atoms with Crippen LogP contribution in [-0.4, -0.2) is 112 Å². The first-order chi connectivity index (χ1) is 25.7. The van der Waals surface area contributed by atoms with Crippen LogP contribution in [0.1, 0.15) is 49.9 Å². The average molecular weight is 1070 g/mol. The zero-order chi connectivity index (χ0) is 39.7. The van der Waals surface area contributed by atoms with E-state index >= 15 is 0 Å². The normalized spacial score (nSPS) is 13.1. The van der Waals surface area contributed by atoms with Crippen LogP contribution in [0.5, 0.6) is 23.0 Å². The van der Waals surface area contributed by atoms with E-state index in [1.807, 2.05) is 97.1 Å². The Kier molecular flexibility index (Phi) is 26.9. The molecule has 4 aromatic rings. The summed E-state index contributed by atoms with van der Waals surface area (Å²) in [5, 5.41) is 55.3. The molecule has 0 bridgehead atoms. The molecule has 0 fully saturated rings. The van der Waals surface area contributed by atoms with E-state index in [1.54, 1.807) is 0 Å². The van der Waals surface area contributed by atoms with Crippen molar-refractivity contribution in [1.82, 2.24) is 0 Å². The number of hydrogen-bond acceptors (Lipinski definition) is 10. The van der Waals surface area contributed by atoms with Crippen molar-refractivity contribution >= 4 is 35.6 Å². The van der Waals surface area contributed by atoms with Crippen LogP contribution < -0.4 is 18.9 Å². The third-order valence-electron chi connectivity index (χ3n) is 8.85. The summed E-state index contributed by atoms with van der Waals surface area (Å²) >= 11 is 11.1. The number of benzene rings is 4. The van der Waals surface area contributed by atoms with Gasteiger partial charge in [-0.05, 0) is 70.8 Å². The van der Waals surface area contributed by atoms with Crippen molar-refractivity contribution in [1.29, 1.82) is 0 Å².